The van der Waals surface area contributed by atoms with Crippen molar-refractivity contribution in [3.05, 3.63) is 35.6 Å². The lowest BCUT2D eigenvalue weighted by Crippen LogP contribution is -2.46. The van der Waals surface area contributed by atoms with Gasteiger partial charge in [-0.05, 0) is 38.6 Å². The van der Waals surface area contributed by atoms with Crippen LogP contribution in [0, 0.1) is 5.82 Å². The molecule has 2 atom stereocenters. The molecule has 1 aromatic rings. The maximum absolute atomic E-state index is 12.9. The van der Waals surface area contributed by atoms with Crippen molar-refractivity contribution in [2.45, 2.75) is 31.7 Å². The third-order valence-electron chi connectivity index (χ3n) is 4.19. The number of benzene rings is 1. The van der Waals surface area contributed by atoms with Crippen molar-refractivity contribution in [2.24, 2.45) is 0 Å². The molecule has 0 N–H and O–H groups in total. The van der Waals surface area contributed by atoms with E-state index in [9.17, 15) is 17.6 Å². The highest BCUT2D eigenvalue weighted by Crippen LogP contribution is 2.11. The maximum Gasteiger partial charge on any atom is 0.236 e. The van der Waals surface area contributed by atoms with Gasteiger partial charge in [0.2, 0.25) is 5.91 Å². The first-order chi connectivity index (χ1) is 10.5. The van der Waals surface area contributed by atoms with Crippen LogP contribution in [0.25, 0.3) is 0 Å². The summed E-state index contributed by atoms with van der Waals surface area (Å²) in [7, 11) is 0.245. The predicted octanol–water partition coefficient (Wildman–Crippen LogP) is 1.54. The number of nitrogens with zero attached hydrogens (tertiary/aromatic N) is 2. The molecule has 0 heterocycles. The normalized spacial score (nSPS) is 14.6. The van der Waals surface area contributed by atoms with Crippen LogP contribution in [0.3, 0.4) is 0 Å². The second-order valence-electron chi connectivity index (χ2n) is 6.07. The predicted molar refractivity (Wildman–Crippen MR) is 89.3 cm³/mol. The molecule has 0 aliphatic heterocycles. The van der Waals surface area contributed by atoms with Crippen molar-refractivity contribution in [1.82, 2.24) is 9.80 Å². The first-order valence-corrected chi connectivity index (χ1v) is 9.35. The fraction of sp³-hybridized carbons (Fsp3) is 0.562. The first kappa shape index (κ1) is 19.6. The number of sulfone groups is 1. The Morgan fingerprint density at radius 2 is 1.70 bits per heavy atom. The average molecular weight is 344 g/mol. The van der Waals surface area contributed by atoms with Gasteiger partial charge < -0.3 is 4.90 Å². The number of amides is 1. The summed E-state index contributed by atoms with van der Waals surface area (Å²) in [5.74, 6) is -0.435. The Bertz CT molecular complexity index is 631. The summed E-state index contributed by atoms with van der Waals surface area (Å²) in [5.41, 5.74) is 0.836. The van der Waals surface area contributed by atoms with Crippen molar-refractivity contribution < 1.29 is 17.6 Å². The third kappa shape index (κ3) is 5.91. The number of carbonyl (C=O) groups excluding carboxylic acids is 1. The molecule has 0 saturated carbocycles. The molecule has 7 heteroatoms. The summed E-state index contributed by atoms with van der Waals surface area (Å²) in [4.78, 5) is 15.5. The van der Waals surface area contributed by atoms with Gasteiger partial charge in [0, 0.05) is 25.9 Å². The number of rotatable bonds is 7. The lowest BCUT2D eigenvalue weighted by molar-refractivity contribution is -0.131. The monoisotopic (exact) mass is 344 g/mol. The SMILES string of the molecule is C[C@H]([C@@H](C)S(C)(=O)=O)N(C)CC(=O)N(C)Cc1ccc(F)cc1. The standard InChI is InChI=1S/C16H25FN2O3S/c1-12(13(2)23(5,21)22)18(3)11-16(20)19(4)10-14-6-8-15(17)9-7-14/h6-9,12-13H,10-11H2,1-5H3/t12-,13-/m1/s1. The molecule has 0 bridgehead atoms. The smallest absolute Gasteiger partial charge is 0.236 e. The largest absolute Gasteiger partial charge is 0.340 e. The highest BCUT2D eigenvalue weighted by molar-refractivity contribution is 7.91. The summed E-state index contributed by atoms with van der Waals surface area (Å²) in [6.07, 6.45) is 1.20. The van der Waals surface area contributed by atoms with Gasteiger partial charge in [-0.15, -0.1) is 0 Å². The zero-order valence-corrected chi connectivity index (χ0v) is 15.1. The van der Waals surface area contributed by atoms with Crippen molar-refractivity contribution >= 4 is 15.7 Å². The van der Waals surface area contributed by atoms with Crippen LogP contribution in [0.4, 0.5) is 4.39 Å². The second-order valence-corrected chi connectivity index (χ2v) is 8.47. The van der Waals surface area contributed by atoms with Gasteiger partial charge in [-0.3, -0.25) is 9.69 Å². The van der Waals surface area contributed by atoms with E-state index in [1.165, 1.54) is 18.4 Å². The van der Waals surface area contributed by atoms with Crippen LogP contribution < -0.4 is 0 Å². The van der Waals surface area contributed by atoms with E-state index in [1.807, 2.05) is 0 Å². The van der Waals surface area contributed by atoms with E-state index in [0.29, 0.717) is 6.54 Å². The zero-order chi connectivity index (χ0) is 17.8. The van der Waals surface area contributed by atoms with Crippen molar-refractivity contribution in [3.63, 3.8) is 0 Å². The molecule has 1 aromatic carbocycles. The number of halogens is 1. The number of hydrogen-bond donors (Lipinski definition) is 0. The summed E-state index contributed by atoms with van der Waals surface area (Å²) >= 11 is 0. The van der Waals surface area contributed by atoms with Gasteiger partial charge in [0.15, 0.2) is 9.84 Å². The second kappa shape index (κ2) is 7.88. The minimum Gasteiger partial charge on any atom is -0.340 e. The lowest BCUT2D eigenvalue weighted by Gasteiger charge is -2.29. The first-order valence-electron chi connectivity index (χ1n) is 7.40. The van der Waals surface area contributed by atoms with Gasteiger partial charge >= 0.3 is 0 Å². The Morgan fingerprint density at radius 1 is 1.17 bits per heavy atom. The van der Waals surface area contributed by atoms with Crippen LogP contribution in [-0.2, 0) is 21.2 Å². The molecule has 0 aliphatic rings. The van der Waals surface area contributed by atoms with Crippen LogP contribution in [0.5, 0.6) is 0 Å². The molecular formula is C16H25FN2O3S. The Kier molecular flexibility index (Phi) is 6.70. The molecule has 0 aromatic heterocycles. The van der Waals surface area contributed by atoms with Crippen LogP contribution in [0.2, 0.25) is 0 Å². The van der Waals surface area contributed by atoms with Crippen LogP contribution >= 0.6 is 0 Å². The fourth-order valence-electron chi connectivity index (χ4n) is 2.15. The molecule has 0 fully saturated rings. The van der Waals surface area contributed by atoms with Crippen molar-refractivity contribution in [2.75, 3.05) is 26.9 Å². The van der Waals surface area contributed by atoms with E-state index < -0.39 is 15.1 Å². The lowest BCUT2D eigenvalue weighted by atomic mass is 10.2. The summed E-state index contributed by atoms with van der Waals surface area (Å²) in [6, 6.07) is 5.72. The Balaban J connectivity index is 2.62. The zero-order valence-electron chi connectivity index (χ0n) is 14.3. The molecular weight excluding hydrogens is 319 g/mol. The van der Waals surface area contributed by atoms with Gasteiger partial charge in [-0.1, -0.05) is 12.1 Å². The van der Waals surface area contributed by atoms with Crippen LogP contribution in [-0.4, -0.2) is 62.3 Å². The van der Waals surface area contributed by atoms with Crippen molar-refractivity contribution in [1.29, 1.82) is 0 Å². The van der Waals surface area contributed by atoms with Crippen molar-refractivity contribution in [3.8, 4) is 0 Å². The van der Waals surface area contributed by atoms with E-state index in [2.05, 4.69) is 0 Å². The highest BCUT2D eigenvalue weighted by atomic mass is 32.2. The molecule has 0 spiro atoms. The average Bonchev–Trinajstić information content (AvgIpc) is 2.46. The van der Waals surface area contributed by atoms with Gasteiger partial charge in [-0.2, -0.15) is 0 Å². The Labute approximate surface area is 138 Å². The minimum atomic E-state index is -3.16. The Hall–Kier alpha value is -1.47. The molecule has 0 saturated heterocycles. The summed E-state index contributed by atoms with van der Waals surface area (Å²) in [6.45, 7) is 3.93. The Morgan fingerprint density at radius 3 is 2.17 bits per heavy atom. The number of carbonyl (C=O) groups is 1. The van der Waals surface area contributed by atoms with Gasteiger partial charge in [0.25, 0.3) is 0 Å². The fourth-order valence-corrected chi connectivity index (χ4v) is 3.07. The van der Waals surface area contributed by atoms with Crippen LogP contribution in [0.1, 0.15) is 19.4 Å². The van der Waals surface area contributed by atoms with Gasteiger partial charge in [0.05, 0.1) is 11.8 Å². The molecule has 0 radical (unpaired) electrons. The molecule has 23 heavy (non-hydrogen) atoms. The van der Waals surface area contributed by atoms with Gasteiger partial charge in [0.1, 0.15) is 5.82 Å². The maximum atomic E-state index is 12.9. The quantitative estimate of drug-likeness (QED) is 0.753. The molecule has 5 nitrogen and oxygen atoms in total. The number of hydrogen-bond acceptors (Lipinski definition) is 4. The highest BCUT2D eigenvalue weighted by Gasteiger charge is 2.26. The van der Waals surface area contributed by atoms with E-state index in [4.69, 9.17) is 0 Å². The molecule has 1 rings (SSSR count). The molecule has 130 valence electrons. The van der Waals surface area contributed by atoms with Gasteiger partial charge in [-0.25, -0.2) is 12.8 Å². The van der Waals surface area contributed by atoms with E-state index in [1.54, 1.807) is 49.9 Å². The summed E-state index contributed by atoms with van der Waals surface area (Å²) in [5, 5.41) is -0.553. The van der Waals surface area contributed by atoms with E-state index in [0.717, 1.165) is 5.56 Å². The van der Waals surface area contributed by atoms with E-state index >= 15 is 0 Å². The van der Waals surface area contributed by atoms with E-state index in [-0.39, 0.29) is 24.3 Å². The minimum absolute atomic E-state index is 0.121. The number of likely N-dealkylation sites (N-methyl/N-ethyl adjacent to an activating group) is 2. The molecule has 0 aliphatic carbocycles. The third-order valence-corrected chi connectivity index (χ3v) is 5.94. The molecule has 0 unspecified atom stereocenters. The molecule has 1 amide bonds. The van der Waals surface area contributed by atoms with Crippen LogP contribution in [0.15, 0.2) is 24.3 Å². The summed E-state index contributed by atoms with van der Waals surface area (Å²) < 4.78 is 36.1. The topological polar surface area (TPSA) is 57.7 Å².